The fraction of sp³-hybridized carbons (Fsp3) is 0.650. The van der Waals surface area contributed by atoms with Crippen LogP contribution in [0.2, 0.25) is 0 Å². The lowest BCUT2D eigenvalue weighted by Gasteiger charge is -2.60. The van der Waals surface area contributed by atoms with Crippen LogP contribution in [-0.4, -0.2) is 29.7 Å². The number of nitrogens with zero attached hydrogens (tertiary/aromatic N) is 1. The summed E-state index contributed by atoms with van der Waals surface area (Å²) in [7, 11) is 3.91. The molecule has 4 aliphatic carbocycles. The molecular weight excluding hydrogens is 316 g/mol. The van der Waals surface area contributed by atoms with Gasteiger partial charge in [-0.05, 0) is 93.1 Å². The number of benzene rings is 1. The summed E-state index contributed by atoms with van der Waals surface area (Å²) in [6, 6.07) is 6.18. The van der Waals surface area contributed by atoms with Crippen LogP contribution < -0.4 is 10.1 Å². The number of aryl methyl sites for hydroxylation is 1. The second kappa shape index (κ2) is 5.91. The van der Waals surface area contributed by atoms with E-state index in [4.69, 9.17) is 17.0 Å². The lowest BCUT2D eigenvalue weighted by molar-refractivity contribution is -0.0538. The van der Waals surface area contributed by atoms with E-state index < -0.39 is 0 Å². The average molecular weight is 345 g/mol. The van der Waals surface area contributed by atoms with Crippen LogP contribution >= 0.6 is 12.2 Å². The van der Waals surface area contributed by atoms with Crippen molar-refractivity contribution >= 4 is 23.0 Å². The molecule has 0 atom stereocenters. The van der Waals surface area contributed by atoms with Gasteiger partial charge in [-0.1, -0.05) is 6.07 Å². The normalized spacial score (nSPS) is 33.4. The Morgan fingerprint density at radius 2 is 1.75 bits per heavy atom. The van der Waals surface area contributed by atoms with Crippen LogP contribution in [-0.2, 0) is 0 Å². The van der Waals surface area contributed by atoms with Crippen molar-refractivity contribution in [3.05, 3.63) is 23.8 Å². The number of hydrogen-bond acceptors (Lipinski definition) is 2. The van der Waals surface area contributed by atoms with Gasteiger partial charge in [0.05, 0.1) is 12.8 Å². The van der Waals surface area contributed by atoms with Gasteiger partial charge in [-0.3, -0.25) is 0 Å². The van der Waals surface area contributed by atoms with E-state index in [2.05, 4.69) is 36.3 Å². The summed E-state index contributed by atoms with van der Waals surface area (Å²) in [6.07, 6.45) is 8.34. The first-order chi connectivity index (χ1) is 11.5. The molecular formula is C20H28N2OS. The summed E-state index contributed by atoms with van der Waals surface area (Å²) >= 11 is 5.80. The summed E-state index contributed by atoms with van der Waals surface area (Å²) in [5, 5.41) is 4.29. The van der Waals surface area contributed by atoms with Gasteiger partial charge in [0, 0.05) is 12.6 Å². The highest BCUT2D eigenvalue weighted by molar-refractivity contribution is 7.80. The van der Waals surface area contributed by atoms with E-state index in [1.165, 1.54) is 44.1 Å². The molecule has 3 nitrogen and oxygen atoms in total. The molecule has 24 heavy (non-hydrogen) atoms. The molecule has 4 heteroatoms. The Morgan fingerprint density at radius 1 is 1.17 bits per heavy atom. The van der Waals surface area contributed by atoms with E-state index in [0.717, 1.165) is 34.3 Å². The average Bonchev–Trinajstić information content (AvgIpc) is 2.53. The molecule has 0 heterocycles. The van der Waals surface area contributed by atoms with Crippen LogP contribution in [0.3, 0.4) is 0 Å². The minimum absolute atomic E-state index is 0.288. The third-order valence-corrected chi connectivity index (χ3v) is 6.99. The van der Waals surface area contributed by atoms with Gasteiger partial charge in [0.15, 0.2) is 5.11 Å². The van der Waals surface area contributed by atoms with Crippen LogP contribution in [0, 0.1) is 24.7 Å². The fourth-order valence-corrected chi connectivity index (χ4v) is 6.11. The second-order valence-electron chi connectivity index (χ2n) is 8.33. The predicted octanol–water partition coefficient (Wildman–Crippen LogP) is 4.60. The van der Waals surface area contributed by atoms with Gasteiger partial charge in [0.1, 0.15) is 5.75 Å². The molecule has 0 aromatic heterocycles. The van der Waals surface area contributed by atoms with Crippen LogP contribution in [0.1, 0.15) is 44.1 Å². The zero-order valence-electron chi connectivity index (χ0n) is 15.0. The molecule has 0 unspecified atom stereocenters. The summed E-state index contributed by atoms with van der Waals surface area (Å²) in [4.78, 5) is 2.38. The van der Waals surface area contributed by atoms with E-state index in [-0.39, 0.29) is 5.54 Å². The molecule has 0 amide bonds. The van der Waals surface area contributed by atoms with Gasteiger partial charge in [-0.15, -0.1) is 0 Å². The molecule has 4 saturated carbocycles. The highest BCUT2D eigenvalue weighted by Gasteiger charge is 2.53. The largest absolute Gasteiger partial charge is 0.495 e. The third-order valence-electron chi connectivity index (χ3n) is 6.62. The molecule has 0 aliphatic heterocycles. The van der Waals surface area contributed by atoms with Crippen LogP contribution in [0.5, 0.6) is 5.75 Å². The van der Waals surface area contributed by atoms with E-state index in [0.29, 0.717) is 0 Å². The van der Waals surface area contributed by atoms with Crippen LogP contribution in [0.4, 0.5) is 5.69 Å². The second-order valence-corrected chi connectivity index (χ2v) is 8.72. The number of hydrogen-bond donors (Lipinski definition) is 1. The minimum atomic E-state index is 0.288. The van der Waals surface area contributed by atoms with Crippen molar-refractivity contribution < 1.29 is 4.74 Å². The molecule has 4 bridgehead atoms. The Hall–Kier alpha value is -1.29. The van der Waals surface area contributed by atoms with Gasteiger partial charge < -0.3 is 15.0 Å². The molecule has 1 aromatic carbocycles. The highest BCUT2D eigenvalue weighted by atomic mass is 32.1. The molecule has 1 N–H and O–H groups in total. The van der Waals surface area contributed by atoms with Gasteiger partial charge in [-0.25, -0.2) is 0 Å². The molecule has 130 valence electrons. The number of thiocarbonyl (C=S) groups is 1. The standard InChI is InChI=1S/C20H28N2OS/c1-13-4-5-18(23-3)17(6-13)21-19(24)22(2)20-10-14-7-15(11-20)9-16(8-14)12-20/h4-6,14-16H,7-12H2,1-3H3,(H,21,24). The van der Waals surface area contributed by atoms with Crippen LogP contribution in [0.25, 0.3) is 0 Å². The fourth-order valence-electron chi connectivity index (χ4n) is 5.81. The molecule has 4 aliphatic rings. The van der Waals surface area contributed by atoms with Crippen molar-refractivity contribution in [1.29, 1.82) is 0 Å². The lowest BCUT2D eigenvalue weighted by atomic mass is 9.52. The van der Waals surface area contributed by atoms with Crippen molar-refractivity contribution in [3.63, 3.8) is 0 Å². The van der Waals surface area contributed by atoms with Gasteiger partial charge in [-0.2, -0.15) is 0 Å². The van der Waals surface area contributed by atoms with E-state index in [9.17, 15) is 0 Å². The number of ether oxygens (including phenoxy) is 1. The highest BCUT2D eigenvalue weighted by Crippen LogP contribution is 2.57. The van der Waals surface area contributed by atoms with Crippen molar-refractivity contribution in [2.75, 3.05) is 19.5 Å². The SMILES string of the molecule is COc1ccc(C)cc1NC(=S)N(C)C12CC3CC(CC(C3)C1)C2. The first kappa shape index (κ1) is 16.2. The Kier molecular flexibility index (Phi) is 3.98. The zero-order valence-corrected chi connectivity index (χ0v) is 15.8. The Labute approximate surface area is 150 Å². The maximum Gasteiger partial charge on any atom is 0.173 e. The van der Waals surface area contributed by atoms with Crippen molar-refractivity contribution in [1.82, 2.24) is 4.90 Å². The predicted molar refractivity (Wildman–Crippen MR) is 103 cm³/mol. The molecule has 0 radical (unpaired) electrons. The zero-order chi connectivity index (χ0) is 16.9. The van der Waals surface area contributed by atoms with Crippen molar-refractivity contribution in [2.24, 2.45) is 17.8 Å². The minimum Gasteiger partial charge on any atom is -0.495 e. The maximum absolute atomic E-state index is 5.80. The number of anilines is 1. The molecule has 1 aromatic rings. The monoisotopic (exact) mass is 344 g/mol. The Balaban J connectivity index is 1.54. The molecule has 5 rings (SSSR count). The topological polar surface area (TPSA) is 24.5 Å². The summed E-state index contributed by atoms with van der Waals surface area (Å²) in [5.74, 6) is 3.63. The molecule has 0 spiro atoms. The quantitative estimate of drug-likeness (QED) is 0.810. The Bertz CT molecular complexity index is 622. The van der Waals surface area contributed by atoms with E-state index in [1.54, 1.807) is 7.11 Å². The number of nitrogens with one attached hydrogen (secondary N) is 1. The Morgan fingerprint density at radius 3 is 2.29 bits per heavy atom. The number of rotatable bonds is 3. The summed E-state index contributed by atoms with van der Waals surface area (Å²) in [6.45, 7) is 2.09. The van der Waals surface area contributed by atoms with Crippen molar-refractivity contribution in [2.45, 2.75) is 51.0 Å². The van der Waals surface area contributed by atoms with E-state index >= 15 is 0 Å². The number of methoxy groups -OCH3 is 1. The van der Waals surface area contributed by atoms with E-state index in [1.807, 2.05) is 6.07 Å². The molecule has 0 saturated heterocycles. The van der Waals surface area contributed by atoms with Gasteiger partial charge >= 0.3 is 0 Å². The van der Waals surface area contributed by atoms with Crippen LogP contribution in [0.15, 0.2) is 18.2 Å². The van der Waals surface area contributed by atoms with Gasteiger partial charge in [0.25, 0.3) is 0 Å². The maximum atomic E-state index is 5.80. The van der Waals surface area contributed by atoms with Crippen molar-refractivity contribution in [3.8, 4) is 5.75 Å². The lowest BCUT2D eigenvalue weighted by Crippen LogP contribution is -2.60. The van der Waals surface area contributed by atoms with Gasteiger partial charge in [0.2, 0.25) is 0 Å². The molecule has 4 fully saturated rings. The first-order valence-corrected chi connectivity index (χ1v) is 9.59. The first-order valence-electron chi connectivity index (χ1n) is 9.18. The smallest absolute Gasteiger partial charge is 0.173 e. The summed E-state index contributed by atoms with van der Waals surface area (Å²) in [5.41, 5.74) is 2.47. The third kappa shape index (κ3) is 2.69. The summed E-state index contributed by atoms with van der Waals surface area (Å²) < 4.78 is 5.49.